The number of carboxylic acid groups (broad SMARTS) is 1. The quantitative estimate of drug-likeness (QED) is 0.381. The minimum absolute atomic E-state index is 0.0308. The summed E-state index contributed by atoms with van der Waals surface area (Å²) in [5.74, 6) is -0.909. The van der Waals surface area contributed by atoms with Crippen LogP contribution in [0.4, 0.5) is 5.69 Å². The first-order valence-corrected chi connectivity index (χ1v) is 11.3. The van der Waals surface area contributed by atoms with E-state index in [1.54, 1.807) is 48.5 Å². The van der Waals surface area contributed by atoms with Crippen LogP contribution in [0.3, 0.4) is 0 Å². The average Bonchev–Trinajstić information content (AvgIpc) is 2.87. The maximum absolute atomic E-state index is 13.0. The monoisotopic (exact) mass is 489 g/mol. The number of benzene rings is 3. The molecule has 9 heteroatoms. The molecule has 2 amide bonds. The Balaban J connectivity index is 1.68. The number of carboxylic acids is 1. The minimum atomic E-state index is -1.01. The van der Waals surface area contributed by atoms with Crippen LogP contribution in [-0.2, 0) is 17.6 Å². The Bertz CT molecular complexity index is 1340. The summed E-state index contributed by atoms with van der Waals surface area (Å²) in [5.41, 5.74) is 9.73. The van der Waals surface area contributed by atoms with Crippen LogP contribution < -0.4 is 25.8 Å². The first-order valence-electron chi connectivity index (χ1n) is 11.3. The number of hydrogen-bond acceptors (Lipinski definition) is 6. The van der Waals surface area contributed by atoms with E-state index in [0.717, 1.165) is 23.1 Å². The Labute approximate surface area is 208 Å². The molecular formula is C27H27N3O6. The molecule has 1 aliphatic heterocycles. The van der Waals surface area contributed by atoms with Gasteiger partial charge in [-0.1, -0.05) is 12.1 Å². The summed E-state index contributed by atoms with van der Waals surface area (Å²) in [6.07, 6.45) is 0.719. The smallest absolute Gasteiger partial charge is 0.335 e. The van der Waals surface area contributed by atoms with Gasteiger partial charge in [0, 0.05) is 23.9 Å². The van der Waals surface area contributed by atoms with Crippen molar-refractivity contribution in [3.05, 3.63) is 88.0 Å². The van der Waals surface area contributed by atoms with Gasteiger partial charge >= 0.3 is 5.97 Å². The standard InChI is InChI=1S/C27H27N3O6/c1-35-22-8-6-19(14-23(22)36-2)30-24(31)13-18-11-16(26(28)32)5-7-20(18)25-21-12-17(27(33)34)4-3-15(21)9-10-29-25/h3-8,11-12,14,25,29H,9-10,13H2,1-2H3,(H2,28,32)(H,30,31)(H,33,34). The van der Waals surface area contributed by atoms with E-state index in [-0.39, 0.29) is 29.5 Å². The molecule has 1 heterocycles. The minimum Gasteiger partial charge on any atom is -0.493 e. The van der Waals surface area contributed by atoms with E-state index in [4.69, 9.17) is 15.2 Å². The highest BCUT2D eigenvalue weighted by Crippen LogP contribution is 2.33. The lowest BCUT2D eigenvalue weighted by molar-refractivity contribution is -0.115. The Morgan fingerprint density at radius 2 is 1.72 bits per heavy atom. The van der Waals surface area contributed by atoms with Gasteiger partial charge in [-0.25, -0.2) is 4.79 Å². The average molecular weight is 490 g/mol. The van der Waals surface area contributed by atoms with E-state index >= 15 is 0 Å². The Kier molecular flexibility index (Phi) is 7.21. The molecule has 36 heavy (non-hydrogen) atoms. The van der Waals surface area contributed by atoms with E-state index in [9.17, 15) is 19.5 Å². The maximum Gasteiger partial charge on any atom is 0.335 e. The van der Waals surface area contributed by atoms with Crippen LogP contribution in [-0.4, -0.2) is 43.7 Å². The van der Waals surface area contributed by atoms with Crippen molar-refractivity contribution in [2.45, 2.75) is 18.9 Å². The zero-order chi connectivity index (χ0) is 25.8. The van der Waals surface area contributed by atoms with Gasteiger partial charge in [-0.15, -0.1) is 0 Å². The molecule has 0 saturated heterocycles. The molecule has 1 aliphatic rings. The molecule has 3 aromatic rings. The third-order valence-electron chi connectivity index (χ3n) is 6.20. The fourth-order valence-corrected chi connectivity index (χ4v) is 4.45. The SMILES string of the molecule is COc1ccc(NC(=O)Cc2cc(C(N)=O)ccc2C2NCCc3ccc(C(=O)O)cc32)cc1OC. The first kappa shape index (κ1) is 24.7. The zero-order valence-corrected chi connectivity index (χ0v) is 20.0. The van der Waals surface area contributed by atoms with Crippen molar-refractivity contribution in [1.82, 2.24) is 5.32 Å². The summed E-state index contributed by atoms with van der Waals surface area (Å²) < 4.78 is 10.5. The molecular weight excluding hydrogens is 462 g/mol. The molecule has 186 valence electrons. The van der Waals surface area contributed by atoms with E-state index in [1.165, 1.54) is 14.2 Å². The maximum atomic E-state index is 13.0. The van der Waals surface area contributed by atoms with Crippen molar-refractivity contribution in [3.8, 4) is 11.5 Å². The van der Waals surface area contributed by atoms with Crippen LogP contribution in [0.25, 0.3) is 0 Å². The second-order valence-corrected chi connectivity index (χ2v) is 8.43. The molecule has 0 spiro atoms. The predicted octanol–water partition coefficient (Wildman–Crippen LogP) is 2.92. The molecule has 0 aromatic heterocycles. The molecule has 1 atom stereocenters. The van der Waals surface area contributed by atoms with Crippen LogP contribution in [0, 0.1) is 0 Å². The number of rotatable bonds is 8. The van der Waals surface area contributed by atoms with E-state index in [2.05, 4.69) is 10.6 Å². The number of methoxy groups -OCH3 is 2. The second-order valence-electron chi connectivity index (χ2n) is 8.43. The van der Waals surface area contributed by atoms with Crippen molar-refractivity contribution in [2.75, 3.05) is 26.1 Å². The van der Waals surface area contributed by atoms with Gasteiger partial charge in [0.05, 0.1) is 32.2 Å². The lowest BCUT2D eigenvalue weighted by Crippen LogP contribution is -2.32. The van der Waals surface area contributed by atoms with E-state index < -0.39 is 11.9 Å². The number of hydrogen-bond donors (Lipinski definition) is 4. The first-order chi connectivity index (χ1) is 17.3. The Morgan fingerprint density at radius 3 is 2.42 bits per heavy atom. The van der Waals surface area contributed by atoms with E-state index in [1.807, 2.05) is 6.07 Å². The highest BCUT2D eigenvalue weighted by atomic mass is 16.5. The van der Waals surface area contributed by atoms with Crippen LogP contribution >= 0.6 is 0 Å². The third-order valence-corrected chi connectivity index (χ3v) is 6.20. The van der Waals surface area contributed by atoms with Gasteiger partial charge in [0.15, 0.2) is 11.5 Å². The van der Waals surface area contributed by atoms with Gasteiger partial charge in [-0.05, 0) is 65.1 Å². The summed E-state index contributed by atoms with van der Waals surface area (Å²) in [4.78, 5) is 36.5. The molecule has 0 aliphatic carbocycles. The molecule has 1 unspecified atom stereocenters. The molecule has 4 rings (SSSR count). The van der Waals surface area contributed by atoms with Gasteiger partial charge in [-0.3, -0.25) is 9.59 Å². The summed E-state index contributed by atoms with van der Waals surface area (Å²) in [6.45, 7) is 0.679. The number of ether oxygens (including phenoxy) is 2. The number of nitrogens with one attached hydrogen (secondary N) is 2. The highest BCUT2D eigenvalue weighted by Gasteiger charge is 2.26. The van der Waals surface area contributed by atoms with Crippen molar-refractivity contribution < 1.29 is 29.0 Å². The zero-order valence-electron chi connectivity index (χ0n) is 20.0. The highest BCUT2D eigenvalue weighted by molar-refractivity contribution is 5.95. The fraction of sp³-hybridized carbons (Fsp3) is 0.222. The van der Waals surface area contributed by atoms with Crippen LogP contribution in [0.15, 0.2) is 54.6 Å². The van der Waals surface area contributed by atoms with Gasteiger partial charge in [0.1, 0.15) is 0 Å². The topological polar surface area (TPSA) is 140 Å². The van der Waals surface area contributed by atoms with Crippen LogP contribution in [0.5, 0.6) is 11.5 Å². The summed E-state index contributed by atoms with van der Waals surface area (Å²) in [6, 6.07) is 14.8. The number of nitrogens with two attached hydrogens (primary N) is 1. The van der Waals surface area contributed by atoms with Crippen molar-refractivity contribution in [3.63, 3.8) is 0 Å². The second kappa shape index (κ2) is 10.5. The molecule has 0 fully saturated rings. The van der Waals surface area contributed by atoms with Crippen molar-refractivity contribution in [1.29, 1.82) is 0 Å². The lowest BCUT2D eigenvalue weighted by atomic mass is 9.85. The van der Waals surface area contributed by atoms with Crippen molar-refractivity contribution >= 4 is 23.5 Å². The van der Waals surface area contributed by atoms with Gasteiger partial charge < -0.3 is 30.9 Å². The number of anilines is 1. The number of primary amides is 1. The molecule has 5 N–H and O–H groups in total. The molecule has 3 aromatic carbocycles. The number of aromatic carboxylic acids is 1. The largest absolute Gasteiger partial charge is 0.493 e. The normalized spacial score (nSPS) is 14.4. The molecule has 0 saturated carbocycles. The fourth-order valence-electron chi connectivity index (χ4n) is 4.45. The van der Waals surface area contributed by atoms with Gasteiger partial charge in [0.2, 0.25) is 11.8 Å². The number of carbonyl (C=O) groups excluding carboxylic acids is 2. The van der Waals surface area contributed by atoms with Gasteiger partial charge in [0.25, 0.3) is 0 Å². The Morgan fingerprint density at radius 1 is 0.972 bits per heavy atom. The number of fused-ring (bicyclic) bond motifs is 1. The van der Waals surface area contributed by atoms with Crippen LogP contribution in [0.2, 0.25) is 0 Å². The third kappa shape index (κ3) is 5.16. The van der Waals surface area contributed by atoms with E-state index in [0.29, 0.717) is 29.3 Å². The molecule has 0 bridgehead atoms. The Hall–Kier alpha value is -4.37. The summed E-state index contributed by atoms with van der Waals surface area (Å²) in [7, 11) is 3.04. The molecule has 9 nitrogen and oxygen atoms in total. The van der Waals surface area contributed by atoms with Crippen molar-refractivity contribution in [2.24, 2.45) is 5.73 Å². The summed E-state index contributed by atoms with van der Waals surface area (Å²) in [5, 5.41) is 15.8. The molecule has 0 radical (unpaired) electrons. The number of carbonyl (C=O) groups is 3. The van der Waals surface area contributed by atoms with Gasteiger partial charge in [-0.2, -0.15) is 0 Å². The van der Waals surface area contributed by atoms with Crippen LogP contribution in [0.1, 0.15) is 49.0 Å². The summed E-state index contributed by atoms with van der Waals surface area (Å²) >= 11 is 0. The lowest BCUT2D eigenvalue weighted by Gasteiger charge is -2.29. The number of amides is 2. The predicted molar refractivity (Wildman–Crippen MR) is 134 cm³/mol.